The van der Waals surface area contributed by atoms with Crippen LogP contribution in [-0.2, 0) is 28.7 Å². The van der Waals surface area contributed by atoms with Crippen molar-refractivity contribution in [1.82, 2.24) is 5.32 Å². The highest BCUT2D eigenvalue weighted by Gasteiger charge is 2.70. The molecular formula is C49H67Cl2NO7. The predicted molar refractivity (Wildman–Crippen MR) is 230 cm³/mol. The minimum atomic E-state index is -1.04. The van der Waals surface area contributed by atoms with Crippen molar-refractivity contribution in [2.75, 3.05) is 0 Å². The van der Waals surface area contributed by atoms with E-state index in [2.05, 4.69) is 53.8 Å². The molecule has 6 aliphatic carbocycles. The summed E-state index contributed by atoms with van der Waals surface area (Å²) in [5.41, 5.74) is -0.0771. The number of allylic oxidation sites excluding steroid dienone is 1. The second-order valence-corrected chi connectivity index (χ2v) is 23.3. The molecule has 5 saturated carbocycles. The molecule has 0 bridgehead atoms. The summed E-state index contributed by atoms with van der Waals surface area (Å²) in [7, 11) is 0. The quantitative estimate of drug-likeness (QED) is 0.142. The molecule has 1 amide bonds. The summed E-state index contributed by atoms with van der Waals surface area (Å²) in [6.45, 7) is 24.5. The van der Waals surface area contributed by atoms with E-state index in [9.17, 15) is 24.0 Å². The molecule has 1 aromatic carbocycles. The van der Waals surface area contributed by atoms with E-state index in [1.165, 1.54) is 0 Å². The lowest BCUT2D eigenvalue weighted by atomic mass is 9.33. The fraction of sp³-hybridized carbons (Fsp3) is 0.735. The van der Waals surface area contributed by atoms with E-state index in [1.54, 1.807) is 18.2 Å². The van der Waals surface area contributed by atoms with Crippen LogP contribution >= 0.6 is 23.2 Å². The summed E-state index contributed by atoms with van der Waals surface area (Å²) in [6.07, 6.45) is 7.76. The van der Waals surface area contributed by atoms with Crippen LogP contribution in [0.1, 0.15) is 157 Å². The molecule has 10 heteroatoms. The van der Waals surface area contributed by atoms with Gasteiger partial charge in [-0.2, -0.15) is 0 Å². The smallest absolute Gasteiger partial charge is 0.310 e. The van der Waals surface area contributed by atoms with E-state index in [0.717, 1.165) is 56.1 Å². The molecule has 324 valence electrons. The monoisotopic (exact) mass is 851 g/mol. The second kappa shape index (κ2) is 14.7. The third kappa shape index (κ3) is 6.68. The normalized spacial score (nSPS) is 38.2. The third-order valence-corrected chi connectivity index (χ3v) is 18.9. The summed E-state index contributed by atoms with van der Waals surface area (Å²) in [4.78, 5) is 66.9. The number of esters is 1. The standard InChI is InChI=1S/C49H67Cl2NO7/c1-27(2)39-34(55)25-49(52-42(57)43(3,4)24-33(54)28-12-14-31(50)32(51)22-28)21-20-47(10)29(40(39)49)13-15-36-46(9)18-17-37(45(7,8)35(46)16-19-48(36,47)11)59-41(56)30-23-38(58-26-53)44(30,5)6/h12,14,22,26-27,29-30,35-38H,13,15-21,23-25H2,1-11H3,(H,52,57)/t29-,30-,35+,36-,37+,38-,46+,47-,48-,49-/m1/s1. The molecule has 6 aliphatic rings. The maximum Gasteiger partial charge on any atom is 0.310 e. The van der Waals surface area contributed by atoms with Crippen molar-refractivity contribution in [2.45, 2.75) is 165 Å². The van der Waals surface area contributed by atoms with Crippen molar-refractivity contribution in [1.29, 1.82) is 0 Å². The van der Waals surface area contributed by atoms with Gasteiger partial charge < -0.3 is 14.8 Å². The zero-order valence-electron chi connectivity index (χ0n) is 37.2. The van der Waals surface area contributed by atoms with Gasteiger partial charge in [-0.25, -0.2) is 0 Å². The number of rotatable bonds is 10. The van der Waals surface area contributed by atoms with Gasteiger partial charge in [0.1, 0.15) is 12.2 Å². The number of ketones is 2. The van der Waals surface area contributed by atoms with Gasteiger partial charge in [-0.3, -0.25) is 24.0 Å². The predicted octanol–water partition coefficient (Wildman–Crippen LogP) is 10.9. The van der Waals surface area contributed by atoms with Crippen molar-refractivity contribution >= 4 is 53.1 Å². The molecule has 7 rings (SSSR count). The van der Waals surface area contributed by atoms with Gasteiger partial charge in [0.05, 0.1) is 26.9 Å². The Balaban J connectivity index is 1.13. The van der Waals surface area contributed by atoms with Gasteiger partial charge in [0.2, 0.25) is 5.91 Å². The molecule has 0 radical (unpaired) electrons. The SMILES string of the molecule is CC(C)C1=C2[C@H]3CC[C@@H]4[C@@]5(C)CC[C@H](OC(=O)[C@H]6C[C@@H](OC=O)C6(C)C)C(C)(C)[C@@H]5CC[C@@]4(C)[C@]3(C)CC[C@@]2(NC(=O)C(C)(C)CC(=O)c2ccc(Cl)c(Cl)c2)CC1=O. The van der Waals surface area contributed by atoms with E-state index in [-0.39, 0.29) is 87.9 Å². The number of halogens is 2. The highest BCUT2D eigenvalue weighted by molar-refractivity contribution is 6.42. The molecule has 10 atom stereocenters. The molecular weight excluding hydrogens is 785 g/mol. The molecule has 5 fully saturated rings. The fourth-order valence-corrected chi connectivity index (χ4v) is 14.7. The van der Waals surface area contributed by atoms with Crippen LogP contribution < -0.4 is 5.32 Å². The lowest BCUT2D eigenvalue weighted by Gasteiger charge is -2.72. The highest BCUT2D eigenvalue weighted by atomic mass is 35.5. The first-order valence-corrected chi connectivity index (χ1v) is 22.9. The van der Waals surface area contributed by atoms with Crippen molar-refractivity contribution in [3.05, 3.63) is 45.0 Å². The van der Waals surface area contributed by atoms with Crippen molar-refractivity contribution < 1.29 is 33.4 Å². The Bertz CT molecular complexity index is 1980. The lowest BCUT2D eigenvalue weighted by molar-refractivity contribution is -0.236. The van der Waals surface area contributed by atoms with Crippen LogP contribution in [0.25, 0.3) is 0 Å². The van der Waals surface area contributed by atoms with E-state index in [1.807, 2.05) is 27.7 Å². The first-order valence-electron chi connectivity index (χ1n) is 22.2. The third-order valence-electron chi connectivity index (χ3n) is 18.1. The largest absolute Gasteiger partial charge is 0.464 e. The summed E-state index contributed by atoms with van der Waals surface area (Å²) in [5.74, 6) is 0.258. The summed E-state index contributed by atoms with van der Waals surface area (Å²) in [5, 5.41) is 4.16. The number of fused-ring (bicyclic) bond motifs is 7. The van der Waals surface area contributed by atoms with Crippen molar-refractivity contribution in [3.8, 4) is 0 Å². The van der Waals surface area contributed by atoms with Crippen molar-refractivity contribution in [3.63, 3.8) is 0 Å². The molecule has 59 heavy (non-hydrogen) atoms. The van der Waals surface area contributed by atoms with Gasteiger partial charge in [0.25, 0.3) is 6.47 Å². The second-order valence-electron chi connectivity index (χ2n) is 22.5. The molecule has 0 aliphatic heterocycles. The Kier molecular flexibility index (Phi) is 11.0. The number of carbonyl (C=O) groups is 5. The van der Waals surface area contributed by atoms with E-state index < -0.39 is 16.4 Å². The number of benzene rings is 1. The fourth-order valence-electron chi connectivity index (χ4n) is 14.4. The van der Waals surface area contributed by atoms with Gasteiger partial charge in [-0.1, -0.05) is 99.4 Å². The molecule has 0 saturated heterocycles. The molecule has 0 unspecified atom stereocenters. The van der Waals surface area contributed by atoms with Gasteiger partial charge in [0, 0.05) is 29.2 Å². The number of nitrogens with one attached hydrogen (secondary N) is 1. The lowest BCUT2D eigenvalue weighted by Crippen LogP contribution is -2.67. The van der Waals surface area contributed by atoms with Gasteiger partial charge in [0.15, 0.2) is 11.6 Å². The van der Waals surface area contributed by atoms with Gasteiger partial charge in [-0.15, -0.1) is 0 Å². The van der Waals surface area contributed by atoms with Crippen LogP contribution in [0, 0.1) is 62.1 Å². The zero-order chi connectivity index (χ0) is 43.5. The van der Waals surface area contributed by atoms with Crippen molar-refractivity contribution in [2.24, 2.45) is 62.1 Å². The minimum absolute atomic E-state index is 0.00719. The van der Waals surface area contributed by atoms with E-state index >= 15 is 0 Å². The first-order chi connectivity index (χ1) is 27.3. The highest BCUT2D eigenvalue weighted by Crippen LogP contribution is 2.76. The number of hydrogen-bond donors (Lipinski definition) is 1. The Hall–Kier alpha value is -2.71. The molecule has 8 nitrogen and oxygen atoms in total. The first kappa shape index (κ1) is 44.3. The topological polar surface area (TPSA) is 116 Å². The summed E-state index contributed by atoms with van der Waals surface area (Å²) < 4.78 is 11.7. The molecule has 1 aromatic rings. The van der Waals surface area contributed by atoms with Crippen LogP contribution in [0.4, 0.5) is 0 Å². The number of amides is 1. The van der Waals surface area contributed by atoms with E-state index in [4.69, 9.17) is 32.7 Å². The minimum Gasteiger partial charge on any atom is -0.464 e. The summed E-state index contributed by atoms with van der Waals surface area (Å²) in [6, 6.07) is 4.80. The average Bonchev–Trinajstić information content (AvgIpc) is 3.43. The van der Waals surface area contributed by atoms with Crippen LogP contribution in [0.2, 0.25) is 10.0 Å². The van der Waals surface area contributed by atoms with E-state index in [0.29, 0.717) is 46.8 Å². The van der Waals surface area contributed by atoms with Crippen LogP contribution in [0.15, 0.2) is 29.3 Å². The van der Waals surface area contributed by atoms with Gasteiger partial charge >= 0.3 is 5.97 Å². The Labute approximate surface area is 362 Å². The van der Waals surface area contributed by atoms with Crippen LogP contribution in [0.5, 0.6) is 0 Å². The number of hydrogen-bond acceptors (Lipinski definition) is 7. The van der Waals surface area contributed by atoms with Crippen LogP contribution in [0.3, 0.4) is 0 Å². The van der Waals surface area contributed by atoms with Crippen LogP contribution in [-0.4, -0.2) is 47.7 Å². The zero-order valence-corrected chi connectivity index (χ0v) is 38.8. The Morgan fingerprint density at radius 1 is 0.864 bits per heavy atom. The number of Topliss-reactive ketones (excluding diaryl/α,β-unsaturated/α-hetero) is 2. The molecule has 0 heterocycles. The summed E-state index contributed by atoms with van der Waals surface area (Å²) >= 11 is 12.4. The Morgan fingerprint density at radius 3 is 2.19 bits per heavy atom. The maximum absolute atomic E-state index is 14.5. The number of ether oxygens (including phenoxy) is 2. The average molecular weight is 853 g/mol. The number of carbonyl (C=O) groups excluding carboxylic acids is 5. The molecule has 0 aromatic heterocycles. The molecule has 0 spiro atoms. The van der Waals surface area contributed by atoms with Gasteiger partial charge in [-0.05, 0) is 127 Å². The molecule has 1 N–H and O–H groups in total. The Morgan fingerprint density at radius 2 is 1.56 bits per heavy atom. The maximum atomic E-state index is 14.5.